The number of carbonyl (C=O) groups excluding carboxylic acids is 1. The molecule has 4 nitrogen and oxygen atoms in total. The van der Waals surface area contributed by atoms with E-state index in [1.54, 1.807) is 4.90 Å². The molecule has 1 unspecified atom stereocenters. The summed E-state index contributed by atoms with van der Waals surface area (Å²) in [7, 11) is 0. The molecule has 4 heteroatoms. The number of piperazine rings is 1. The third-order valence-corrected chi connectivity index (χ3v) is 3.35. The van der Waals surface area contributed by atoms with Crippen molar-refractivity contribution < 1.29 is 4.79 Å². The lowest BCUT2D eigenvalue weighted by Crippen LogP contribution is -2.53. The van der Waals surface area contributed by atoms with Crippen molar-refractivity contribution in [3.8, 4) is 6.07 Å². The van der Waals surface area contributed by atoms with Crippen molar-refractivity contribution in [3.63, 3.8) is 0 Å². The molecule has 0 aliphatic carbocycles. The van der Waals surface area contributed by atoms with E-state index < -0.39 is 0 Å². The molecule has 1 aliphatic heterocycles. The van der Waals surface area contributed by atoms with Gasteiger partial charge in [0, 0.05) is 25.2 Å². The van der Waals surface area contributed by atoms with Crippen molar-refractivity contribution in [1.82, 2.24) is 10.2 Å². The summed E-state index contributed by atoms with van der Waals surface area (Å²) in [5, 5.41) is 12.2. The molecule has 2 rings (SSSR count). The Kier molecular flexibility index (Phi) is 3.63. The van der Waals surface area contributed by atoms with Gasteiger partial charge in [0.05, 0.1) is 6.07 Å². The highest BCUT2D eigenvalue weighted by atomic mass is 16.2. The van der Waals surface area contributed by atoms with E-state index in [1.807, 2.05) is 32.0 Å². The van der Waals surface area contributed by atoms with Gasteiger partial charge in [-0.25, -0.2) is 0 Å². The first-order valence-electron chi connectivity index (χ1n) is 6.12. The molecule has 1 amide bonds. The molecule has 1 aliphatic rings. The normalized spacial score (nSPS) is 19.4. The van der Waals surface area contributed by atoms with Crippen molar-refractivity contribution in [2.75, 3.05) is 19.6 Å². The number of rotatable bonds is 1. The summed E-state index contributed by atoms with van der Waals surface area (Å²) in [6.07, 6.45) is 0. The Labute approximate surface area is 107 Å². The third-order valence-electron chi connectivity index (χ3n) is 3.35. The second-order valence-electron chi connectivity index (χ2n) is 4.61. The Morgan fingerprint density at radius 1 is 1.44 bits per heavy atom. The summed E-state index contributed by atoms with van der Waals surface area (Å²) in [4.78, 5) is 14.2. The first-order chi connectivity index (χ1) is 8.65. The summed E-state index contributed by atoms with van der Waals surface area (Å²) in [6.45, 7) is 5.75. The Morgan fingerprint density at radius 2 is 2.11 bits per heavy atom. The van der Waals surface area contributed by atoms with E-state index in [-0.39, 0.29) is 11.9 Å². The van der Waals surface area contributed by atoms with E-state index in [4.69, 9.17) is 5.26 Å². The van der Waals surface area contributed by atoms with Crippen LogP contribution >= 0.6 is 0 Å². The monoisotopic (exact) mass is 243 g/mol. The number of nitrogens with zero attached hydrogens (tertiary/aromatic N) is 2. The van der Waals surface area contributed by atoms with E-state index in [1.165, 1.54) is 0 Å². The van der Waals surface area contributed by atoms with Crippen molar-refractivity contribution >= 4 is 5.91 Å². The van der Waals surface area contributed by atoms with Crippen LogP contribution in [0.4, 0.5) is 0 Å². The van der Waals surface area contributed by atoms with E-state index >= 15 is 0 Å². The Balaban J connectivity index is 2.33. The van der Waals surface area contributed by atoms with Gasteiger partial charge < -0.3 is 10.2 Å². The van der Waals surface area contributed by atoms with Crippen LogP contribution in [0, 0.1) is 25.2 Å². The number of hydrogen-bond acceptors (Lipinski definition) is 3. The van der Waals surface area contributed by atoms with Crippen LogP contribution in [0.1, 0.15) is 21.5 Å². The molecule has 1 aromatic rings. The second-order valence-corrected chi connectivity index (χ2v) is 4.61. The molecule has 0 spiro atoms. The number of benzene rings is 1. The van der Waals surface area contributed by atoms with Gasteiger partial charge in [-0.3, -0.25) is 4.79 Å². The van der Waals surface area contributed by atoms with Crippen LogP contribution in [-0.4, -0.2) is 36.5 Å². The van der Waals surface area contributed by atoms with Crippen LogP contribution in [0.3, 0.4) is 0 Å². The van der Waals surface area contributed by atoms with E-state index in [0.717, 1.165) is 23.2 Å². The largest absolute Gasteiger partial charge is 0.320 e. The summed E-state index contributed by atoms with van der Waals surface area (Å²) in [5.41, 5.74) is 2.67. The molecule has 94 valence electrons. The average Bonchev–Trinajstić information content (AvgIpc) is 2.38. The summed E-state index contributed by atoms with van der Waals surface area (Å²) in [5.74, 6) is -0.0290. The van der Waals surface area contributed by atoms with Crippen LogP contribution < -0.4 is 5.32 Å². The highest BCUT2D eigenvalue weighted by Gasteiger charge is 2.28. The van der Waals surface area contributed by atoms with E-state index in [2.05, 4.69) is 11.4 Å². The van der Waals surface area contributed by atoms with Gasteiger partial charge in [0.25, 0.3) is 5.91 Å². The number of nitrogens with one attached hydrogen (secondary N) is 1. The predicted octanol–water partition coefficient (Wildman–Crippen LogP) is 1.24. The molecule has 0 bridgehead atoms. The zero-order valence-corrected chi connectivity index (χ0v) is 10.7. The topological polar surface area (TPSA) is 56.1 Å². The fourth-order valence-electron chi connectivity index (χ4n) is 2.36. The van der Waals surface area contributed by atoms with Gasteiger partial charge in [-0.1, -0.05) is 18.2 Å². The molecule has 18 heavy (non-hydrogen) atoms. The van der Waals surface area contributed by atoms with Crippen molar-refractivity contribution in [3.05, 3.63) is 34.9 Å². The average molecular weight is 243 g/mol. The molecule has 1 aromatic carbocycles. The highest BCUT2D eigenvalue weighted by molar-refractivity contribution is 5.97. The lowest BCUT2D eigenvalue weighted by molar-refractivity contribution is 0.0685. The Hall–Kier alpha value is -1.86. The van der Waals surface area contributed by atoms with Crippen LogP contribution in [0.15, 0.2) is 18.2 Å². The molecule has 0 radical (unpaired) electrons. The first-order valence-corrected chi connectivity index (χ1v) is 6.12. The van der Waals surface area contributed by atoms with Gasteiger partial charge in [0.1, 0.15) is 6.04 Å². The Morgan fingerprint density at radius 3 is 2.72 bits per heavy atom. The molecule has 0 saturated carbocycles. The molecular formula is C14H17N3O. The third kappa shape index (κ3) is 2.22. The maximum atomic E-state index is 12.6. The Bertz CT molecular complexity index is 484. The molecule has 0 aromatic heterocycles. The second kappa shape index (κ2) is 5.19. The lowest BCUT2D eigenvalue weighted by Gasteiger charge is -2.32. The maximum absolute atomic E-state index is 12.6. The van der Waals surface area contributed by atoms with Gasteiger partial charge in [-0.15, -0.1) is 0 Å². The van der Waals surface area contributed by atoms with Gasteiger partial charge in [0.15, 0.2) is 0 Å². The minimum absolute atomic E-state index is 0.0290. The quantitative estimate of drug-likeness (QED) is 0.807. The molecular weight excluding hydrogens is 226 g/mol. The fraction of sp³-hybridized carbons (Fsp3) is 0.429. The van der Waals surface area contributed by atoms with E-state index in [9.17, 15) is 4.79 Å². The molecule has 1 atom stereocenters. The lowest BCUT2D eigenvalue weighted by atomic mass is 10.0. The molecule has 1 N–H and O–H groups in total. The van der Waals surface area contributed by atoms with Gasteiger partial charge in [0.2, 0.25) is 0 Å². The number of nitriles is 1. The SMILES string of the molecule is Cc1cccc(C)c1C(=O)N1CCNCC1C#N. The van der Waals surface area contributed by atoms with Gasteiger partial charge >= 0.3 is 0 Å². The molecule has 1 fully saturated rings. The van der Waals surface area contributed by atoms with Crippen molar-refractivity contribution in [2.45, 2.75) is 19.9 Å². The van der Waals surface area contributed by atoms with Crippen LogP contribution in [0.2, 0.25) is 0 Å². The highest BCUT2D eigenvalue weighted by Crippen LogP contribution is 2.17. The zero-order chi connectivity index (χ0) is 13.1. The van der Waals surface area contributed by atoms with Crippen molar-refractivity contribution in [1.29, 1.82) is 5.26 Å². The summed E-state index contributed by atoms with van der Waals surface area (Å²) in [6, 6.07) is 7.63. The fourth-order valence-corrected chi connectivity index (χ4v) is 2.36. The minimum atomic E-state index is -0.370. The number of hydrogen-bond donors (Lipinski definition) is 1. The number of aryl methyl sites for hydroxylation is 2. The standard InChI is InChI=1S/C14H17N3O/c1-10-4-3-5-11(2)13(10)14(18)17-7-6-16-9-12(17)8-15/h3-5,12,16H,6-7,9H2,1-2H3. The molecule has 1 saturated heterocycles. The zero-order valence-electron chi connectivity index (χ0n) is 10.7. The van der Waals surface area contributed by atoms with Gasteiger partial charge in [-0.05, 0) is 25.0 Å². The maximum Gasteiger partial charge on any atom is 0.255 e. The van der Waals surface area contributed by atoms with Gasteiger partial charge in [-0.2, -0.15) is 5.26 Å². The van der Waals surface area contributed by atoms with Crippen LogP contribution in [-0.2, 0) is 0 Å². The van der Waals surface area contributed by atoms with Crippen LogP contribution in [0.25, 0.3) is 0 Å². The molecule has 1 heterocycles. The number of amides is 1. The smallest absolute Gasteiger partial charge is 0.255 e. The summed E-state index contributed by atoms with van der Waals surface area (Å²) < 4.78 is 0. The van der Waals surface area contributed by atoms with E-state index in [0.29, 0.717) is 13.1 Å². The van der Waals surface area contributed by atoms with Crippen LogP contribution in [0.5, 0.6) is 0 Å². The predicted molar refractivity (Wildman–Crippen MR) is 69.2 cm³/mol. The first kappa shape index (κ1) is 12.6. The minimum Gasteiger partial charge on any atom is -0.320 e. The summed E-state index contributed by atoms with van der Waals surface area (Å²) >= 11 is 0. The van der Waals surface area contributed by atoms with Crippen molar-refractivity contribution in [2.24, 2.45) is 0 Å². The number of carbonyl (C=O) groups is 1.